The summed E-state index contributed by atoms with van der Waals surface area (Å²) in [4.78, 5) is 41.7. The lowest BCUT2D eigenvalue weighted by Crippen LogP contribution is -2.53. The van der Waals surface area contributed by atoms with Crippen molar-refractivity contribution in [3.8, 4) is 17.2 Å². The molecule has 0 aliphatic carbocycles. The summed E-state index contributed by atoms with van der Waals surface area (Å²) in [7, 11) is 1.49. The van der Waals surface area contributed by atoms with Gasteiger partial charge in [-0.05, 0) is 36.8 Å². The van der Waals surface area contributed by atoms with Crippen LogP contribution in [-0.2, 0) is 31.0 Å². The molecule has 1 amide bonds. The number of anilines is 1. The summed E-state index contributed by atoms with van der Waals surface area (Å²) in [6.07, 6.45) is -1.48. The number of carbonyl (C=O) groups excluding carboxylic acids is 1. The summed E-state index contributed by atoms with van der Waals surface area (Å²) in [6, 6.07) is 9.12. The van der Waals surface area contributed by atoms with E-state index in [-0.39, 0.29) is 41.9 Å². The number of halogens is 3. The molecule has 4 aromatic rings. The van der Waals surface area contributed by atoms with Gasteiger partial charge < -0.3 is 9.80 Å². The van der Waals surface area contributed by atoms with Crippen molar-refractivity contribution in [2.75, 3.05) is 24.5 Å². The van der Waals surface area contributed by atoms with Crippen molar-refractivity contribution in [1.82, 2.24) is 29.2 Å². The van der Waals surface area contributed by atoms with E-state index in [0.29, 0.717) is 47.6 Å². The lowest BCUT2D eigenvalue weighted by molar-refractivity contribution is -0.138. The number of fused-ring (bicyclic) bond motifs is 1. The van der Waals surface area contributed by atoms with Crippen molar-refractivity contribution in [1.29, 1.82) is 5.26 Å². The van der Waals surface area contributed by atoms with E-state index in [1.165, 1.54) is 22.5 Å². The third kappa shape index (κ3) is 5.37. The lowest BCUT2D eigenvalue weighted by Gasteiger charge is -2.39. The van der Waals surface area contributed by atoms with Crippen LogP contribution in [0.3, 0.4) is 0 Å². The van der Waals surface area contributed by atoms with Crippen molar-refractivity contribution in [3.63, 3.8) is 0 Å². The van der Waals surface area contributed by atoms with Gasteiger partial charge in [-0.3, -0.25) is 23.9 Å². The highest BCUT2D eigenvalue weighted by Crippen LogP contribution is 2.32. The molecule has 4 heterocycles. The molecule has 0 spiro atoms. The van der Waals surface area contributed by atoms with Gasteiger partial charge in [0.1, 0.15) is 0 Å². The van der Waals surface area contributed by atoms with E-state index >= 15 is 0 Å². The topological polar surface area (TPSA) is 113 Å². The minimum absolute atomic E-state index is 0.0229. The summed E-state index contributed by atoms with van der Waals surface area (Å²) in [5.74, 6) is 0.563. The monoisotopic (exact) mass is 564 g/mol. The second-order valence-electron chi connectivity index (χ2n) is 10.0. The lowest BCUT2D eigenvalue weighted by atomic mass is 10.1. The fourth-order valence-corrected chi connectivity index (χ4v) is 5.23. The Kier molecular flexibility index (Phi) is 7.25. The number of nitrogens with zero attached hydrogens (tertiary/aromatic N) is 8. The molecule has 1 aliphatic rings. The van der Waals surface area contributed by atoms with E-state index in [4.69, 9.17) is 5.26 Å². The molecule has 0 bridgehead atoms. The van der Waals surface area contributed by atoms with E-state index in [1.54, 1.807) is 37.5 Å². The fourth-order valence-electron chi connectivity index (χ4n) is 5.23. The number of rotatable bonds is 5. The van der Waals surface area contributed by atoms with Crippen molar-refractivity contribution >= 4 is 22.8 Å². The number of hydrogen-bond acceptors (Lipinski definition) is 7. The number of hydrogen-bond donors (Lipinski definition) is 0. The number of carbonyl (C=O) groups is 1. The fraction of sp³-hybridized carbons (Fsp3) is 0.357. The van der Waals surface area contributed by atoms with Gasteiger partial charge in [0.25, 0.3) is 5.56 Å². The zero-order chi connectivity index (χ0) is 29.5. The molecule has 1 fully saturated rings. The van der Waals surface area contributed by atoms with Gasteiger partial charge in [-0.25, -0.2) is 9.97 Å². The Morgan fingerprint density at radius 3 is 2.49 bits per heavy atom. The molecule has 3 aromatic heterocycles. The highest BCUT2D eigenvalue weighted by Gasteiger charge is 2.34. The Labute approximate surface area is 233 Å². The predicted octanol–water partition coefficient (Wildman–Crippen LogP) is 3.38. The molecule has 10 nitrogen and oxygen atoms in total. The van der Waals surface area contributed by atoms with E-state index in [2.05, 4.69) is 15.0 Å². The molecular formula is C28H27F3N8O2. The van der Waals surface area contributed by atoms with Crippen molar-refractivity contribution < 1.29 is 18.0 Å². The van der Waals surface area contributed by atoms with Crippen LogP contribution in [0.25, 0.3) is 22.0 Å². The second-order valence-corrected chi connectivity index (χ2v) is 10.0. The molecule has 1 unspecified atom stereocenters. The van der Waals surface area contributed by atoms with Gasteiger partial charge in [0.15, 0.2) is 0 Å². The van der Waals surface area contributed by atoms with Crippen LogP contribution in [-0.4, -0.2) is 60.8 Å². The van der Waals surface area contributed by atoms with Gasteiger partial charge in [-0.2, -0.15) is 18.4 Å². The third-order valence-corrected chi connectivity index (χ3v) is 7.35. The van der Waals surface area contributed by atoms with Gasteiger partial charge in [-0.1, -0.05) is 6.07 Å². The Morgan fingerprint density at radius 1 is 1.12 bits per heavy atom. The summed E-state index contributed by atoms with van der Waals surface area (Å²) < 4.78 is 44.1. The third-order valence-electron chi connectivity index (χ3n) is 7.35. The van der Waals surface area contributed by atoms with Crippen LogP contribution in [0.5, 0.6) is 0 Å². The molecule has 1 saturated heterocycles. The van der Waals surface area contributed by atoms with Crippen LogP contribution < -0.4 is 10.5 Å². The zero-order valence-electron chi connectivity index (χ0n) is 22.7. The Bertz CT molecular complexity index is 1720. The maximum atomic E-state index is 13.8. The van der Waals surface area contributed by atoms with Gasteiger partial charge in [0.2, 0.25) is 11.9 Å². The molecule has 0 N–H and O–H groups in total. The first-order valence-electron chi connectivity index (χ1n) is 12.9. The smallest absolute Gasteiger partial charge is 0.337 e. The Balaban J connectivity index is 1.48. The van der Waals surface area contributed by atoms with Gasteiger partial charge in [0.05, 0.1) is 46.9 Å². The van der Waals surface area contributed by atoms with Crippen LogP contribution in [0.15, 0.2) is 47.5 Å². The first kappa shape index (κ1) is 27.8. The number of aromatic nitrogens is 5. The molecule has 13 heteroatoms. The summed E-state index contributed by atoms with van der Waals surface area (Å²) >= 11 is 0. The zero-order valence-corrected chi connectivity index (χ0v) is 22.7. The standard InChI is InChI=1S/C28H27F3N8O2/c1-17-15-37(10-11-38(17)18(2)40)27-33-13-20(14-34-27)19-4-6-22-25(12-19)39(36(3)26(22)41)16-24-23(28(29,30)31)7-5-21(35-24)8-9-32/h4-7,12-14,17H,8,10-11,15-16H2,1-3H3. The van der Waals surface area contributed by atoms with Gasteiger partial charge in [0, 0.05) is 57.6 Å². The normalized spacial score (nSPS) is 15.8. The number of pyridine rings is 1. The maximum absolute atomic E-state index is 13.8. The van der Waals surface area contributed by atoms with Gasteiger partial charge in [-0.15, -0.1) is 0 Å². The van der Waals surface area contributed by atoms with Crippen LogP contribution in [0.1, 0.15) is 30.8 Å². The maximum Gasteiger partial charge on any atom is 0.418 e. The minimum Gasteiger partial charge on any atom is -0.337 e. The van der Waals surface area contributed by atoms with Gasteiger partial charge >= 0.3 is 6.18 Å². The highest BCUT2D eigenvalue weighted by atomic mass is 19.4. The quantitative estimate of drug-likeness (QED) is 0.365. The molecule has 1 aliphatic heterocycles. The number of alkyl halides is 3. The summed E-state index contributed by atoms with van der Waals surface area (Å²) in [5.41, 5.74) is 0.418. The number of benzene rings is 1. The Morgan fingerprint density at radius 2 is 1.85 bits per heavy atom. The first-order chi connectivity index (χ1) is 19.5. The van der Waals surface area contributed by atoms with E-state index < -0.39 is 11.7 Å². The molecule has 5 rings (SSSR count). The average Bonchev–Trinajstić information content (AvgIpc) is 3.17. The Hall–Kier alpha value is -4.73. The second kappa shape index (κ2) is 10.7. The molecule has 1 atom stereocenters. The van der Waals surface area contributed by atoms with Crippen molar-refractivity contribution in [2.45, 2.75) is 39.0 Å². The van der Waals surface area contributed by atoms with Crippen LogP contribution in [0.4, 0.5) is 19.1 Å². The number of amides is 1. The molecular weight excluding hydrogens is 537 g/mol. The summed E-state index contributed by atoms with van der Waals surface area (Å²) in [5, 5.41) is 9.34. The van der Waals surface area contributed by atoms with E-state index in [9.17, 15) is 22.8 Å². The number of piperazine rings is 1. The van der Waals surface area contributed by atoms with Crippen molar-refractivity contribution in [2.24, 2.45) is 7.05 Å². The van der Waals surface area contributed by atoms with Crippen LogP contribution >= 0.6 is 0 Å². The molecule has 1 aromatic carbocycles. The minimum atomic E-state index is -4.66. The highest BCUT2D eigenvalue weighted by molar-refractivity contribution is 5.84. The number of nitriles is 1. The molecule has 0 radical (unpaired) electrons. The largest absolute Gasteiger partial charge is 0.418 e. The van der Waals surface area contributed by atoms with Crippen LogP contribution in [0.2, 0.25) is 0 Å². The van der Waals surface area contributed by atoms with Crippen LogP contribution in [0, 0.1) is 11.3 Å². The summed E-state index contributed by atoms with van der Waals surface area (Å²) in [6.45, 7) is 4.99. The van der Waals surface area contributed by atoms with E-state index in [0.717, 1.165) is 6.07 Å². The SMILES string of the molecule is CC(=O)N1CCN(c2ncc(-c3ccc4c(=O)n(C)n(Cc5nc(CC#N)ccc5C(F)(F)F)c4c3)cn2)CC1C. The molecule has 41 heavy (non-hydrogen) atoms. The molecule has 0 saturated carbocycles. The average molecular weight is 565 g/mol. The predicted molar refractivity (Wildman–Crippen MR) is 145 cm³/mol. The van der Waals surface area contributed by atoms with Crippen molar-refractivity contribution in [3.05, 3.63) is 70.0 Å². The molecule has 212 valence electrons. The van der Waals surface area contributed by atoms with E-state index in [1.807, 2.05) is 22.8 Å². The first-order valence-corrected chi connectivity index (χ1v) is 12.9.